The zero-order valence-corrected chi connectivity index (χ0v) is 18.6. The Morgan fingerprint density at radius 2 is 1.32 bits per heavy atom. The van der Waals surface area contributed by atoms with Crippen molar-refractivity contribution in [2.45, 2.75) is 29.4 Å². The SMILES string of the molecule is N[C@@H](c1ccccc1)[C@@H](NS(=O)(=O)c1ccc(CC[Si](O)(O)O)cc1)c1ccccc1. The van der Waals surface area contributed by atoms with Crippen LogP contribution in [0.1, 0.15) is 28.8 Å². The van der Waals surface area contributed by atoms with E-state index >= 15 is 0 Å². The summed E-state index contributed by atoms with van der Waals surface area (Å²) < 4.78 is 28.9. The van der Waals surface area contributed by atoms with Crippen LogP contribution < -0.4 is 10.5 Å². The van der Waals surface area contributed by atoms with Crippen molar-refractivity contribution in [3.8, 4) is 0 Å². The lowest BCUT2D eigenvalue weighted by Gasteiger charge is -2.26. The van der Waals surface area contributed by atoms with Crippen LogP contribution in [-0.2, 0) is 16.4 Å². The zero-order chi connectivity index (χ0) is 22.5. The van der Waals surface area contributed by atoms with Crippen molar-refractivity contribution in [1.29, 1.82) is 0 Å². The second kappa shape index (κ2) is 9.84. The molecule has 3 aromatic carbocycles. The van der Waals surface area contributed by atoms with Crippen LogP contribution in [0.2, 0.25) is 6.04 Å². The molecule has 3 rings (SSSR count). The lowest BCUT2D eigenvalue weighted by Crippen LogP contribution is -2.36. The Balaban J connectivity index is 1.84. The van der Waals surface area contributed by atoms with Gasteiger partial charge in [0.25, 0.3) is 0 Å². The molecule has 0 radical (unpaired) electrons. The molecule has 0 aromatic heterocycles. The maximum atomic E-state index is 13.1. The van der Waals surface area contributed by atoms with Gasteiger partial charge in [0, 0.05) is 6.04 Å². The van der Waals surface area contributed by atoms with Crippen LogP contribution in [0.5, 0.6) is 0 Å². The molecular weight excluding hydrogens is 432 g/mol. The highest BCUT2D eigenvalue weighted by Gasteiger charge is 2.28. The molecule has 3 aromatic rings. The highest BCUT2D eigenvalue weighted by molar-refractivity contribution is 7.89. The highest BCUT2D eigenvalue weighted by Crippen LogP contribution is 2.28. The van der Waals surface area contributed by atoms with Gasteiger partial charge in [0.15, 0.2) is 0 Å². The smallest absolute Gasteiger partial charge is 0.390 e. The van der Waals surface area contributed by atoms with Crippen LogP contribution in [-0.4, -0.2) is 31.6 Å². The molecule has 7 nitrogen and oxygen atoms in total. The molecule has 0 bridgehead atoms. The van der Waals surface area contributed by atoms with Crippen LogP contribution in [0.4, 0.5) is 0 Å². The summed E-state index contributed by atoms with van der Waals surface area (Å²) in [6, 6.07) is 23.1. The van der Waals surface area contributed by atoms with E-state index in [2.05, 4.69) is 4.72 Å². The fourth-order valence-electron chi connectivity index (χ4n) is 3.26. The Kier molecular flexibility index (Phi) is 7.39. The Hall–Kier alpha value is -2.37. The monoisotopic (exact) mass is 458 g/mol. The predicted molar refractivity (Wildman–Crippen MR) is 120 cm³/mol. The molecule has 0 amide bonds. The number of nitrogens with one attached hydrogen (secondary N) is 1. The molecule has 2 atom stereocenters. The van der Waals surface area contributed by atoms with E-state index in [-0.39, 0.29) is 17.4 Å². The first-order valence-electron chi connectivity index (χ1n) is 9.79. The van der Waals surface area contributed by atoms with Gasteiger partial charge < -0.3 is 20.1 Å². The number of aryl methyl sites for hydroxylation is 1. The van der Waals surface area contributed by atoms with E-state index in [1.54, 1.807) is 12.1 Å². The van der Waals surface area contributed by atoms with Crippen LogP contribution >= 0.6 is 0 Å². The summed E-state index contributed by atoms with van der Waals surface area (Å²) in [5.74, 6) is 0. The molecule has 0 fully saturated rings. The molecule has 0 unspecified atom stereocenters. The van der Waals surface area contributed by atoms with E-state index in [0.717, 1.165) is 11.1 Å². The maximum Gasteiger partial charge on any atom is 0.493 e. The first-order valence-corrected chi connectivity index (χ1v) is 13.3. The molecule has 6 N–H and O–H groups in total. The first-order chi connectivity index (χ1) is 14.7. The summed E-state index contributed by atoms with van der Waals surface area (Å²) in [5, 5.41) is 0. The summed E-state index contributed by atoms with van der Waals surface area (Å²) in [7, 11) is -8.03. The molecule has 0 saturated heterocycles. The van der Waals surface area contributed by atoms with E-state index in [0.29, 0.717) is 5.56 Å². The number of sulfonamides is 1. The molecule has 164 valence electrons. The molecule has 0 aliphatic rings. The molecule has 0 heterocycles. The minimum atomic E-state index is -4.14. The first kappa shape index (κ1) is 23.3. The fourth-order valence-corrected chi connectivity index (χ4v) is 5.13. The topological polar surface area (TPSA) is 133 Å². The number of rotatable bonds is 9. The maximum absolute atomic E-state index is 13.1. The Labute approximate surface area is 183 Å². The molecule has 9 heteroatoms. The Morgan fingerprint density at radius 1 is 0.806 bits per heavy atom. The molecule has 0 aliphatic heterocycles. The van der Waals surface area contributed by atoms with Crippen molar-refractivity contribution in [2.24, 2.45) is 5.73 Å². The van der Waals surface area contributed by atoms with Gasteiger partial charge in [-0.15, -0.1) is 0 Å². The third-order valence-electron chi connectivity index (χ3n) is 4.97. The van der Waals surface area contributed by atoms with E-state index < -0.39 is 30.9 Å². The fraction of sp³-hybridized carbons (Fsp3) is 0.182. The predicted octanol–water partition coefficient (Wildman–Crippen LogP) is 1.86. The van der Waals surface area contributed by atoms with E-state index in [9.17, 15) is 8.42 Å². The number of hydrogen-bond donors (Lipinski definition) is 5. The zero-order valence-electron chi connectivity index (χ0n) is 16.8. The normalized spacial score (nSPS) is 14.2. The van der Waals surface area contributed by atoms with Gasteiger partial charge in [0.1, 0.15) is 0 Å². The lowest BCUT2D eigenvalue weighted by atomic mass is 9.95. The summed E-state index contributed by atoms with van der Waals surface area (Å²) in [5.41, 5.74) is 8.70. The summed E-state index contributed by atoms with van der Waals surface area (Å²) in [4.78, 5) is 27.5. The second-order valence-electron chi connectivity index (χ2n) is 7.36. The van der Waals surface area contributed by atoms with Crippen LogP contribution in [0.25, 0.3) is 0 Å². The van der Waals surface area contributed by atoms with Crippen molar-refractivity contribution in [3.05, 3.63) is 102 Å². The molecule has 0 spiro atoms. The van der Waals surface area contributed by atoms with Crippen molar-refractivity contribution in [1.82, 2.24) is 4.72 Å². The van der Waals surface area contributed by atoms with Crippen molar-refractivity contribution < 1.29 is 22.8 Å². The second-order valence-corrected chi connectivity index (χ2v) is 11.1. The van der Waals surface area contributed by atoms with E-state index in [1.807, 2.05) is 60.7 Å². The summed E-state index contributed by atoms with van der Waals surface area (Å²) in [6.07, 6.45) is 0.231. The minimum absolute atomic E-state index is 0.0675. The van der Waals surface area contributed by atoms with Gasteiger partial charge in [-0.25, -0.2) is 13.1 Å². The van der Waals surface area contributed by atoms with Gasteiger partial charge >= 0.3 is 8.80 Å². The van der Waals surface area contributed by atoms with Gasteiger partial charge in [-0.2, -0.15) is 0 Å². The van der Waals surface area contributed by atoms with Gasteiger partial charge in [-0.1, -0.05) is 72.8 Å². The quantitative estimate of drug-likeness (QED) is 0.311. The van der Waals surface area contributed by atoms with Gasteiger partial charge in [-0.3, -0.25) is 0 Å². The largest absolute Gasteiger partial charge is 0.493 e. The highest BCUT2D eigenvalue weighted by atomic mass is 32.2. The molecule has 0 aliphatic carbocycles. The lowest BCUT2D eigenvalue weighted by molar-refractivity contribution is 0.228. The van der Waals surface area contributed by atoms with Gasteiger partial charge in [-0.05, 0) is 35.2 Å². The van der Waals surface area contributed by atoms with Crippen molar-refractivity contribution in [3.63, 3.8) is 0 Å². The van der Waals surface area contributed by atoms with Crippen LogP contribution in [0.15, 0.2) is 89.8 Å². The molecule has 0 saturated carbocycles. The minimum Gasteiger partial charge on any atom is -0.390 e. The van der Waals surface area contributed by atoms with E-state index in [1.165, 1.54) is 12.1 Å². The standard InChI is InChI=1S/C22H26N2O5SSi/c23-21(18-7-3-1-4-8-18)22(19-9-5-2-6-10-19)24-30(25,26)20-13-11-17(12-14-20)15-16-31(27,28)29/h1-14,21-22,24,27-29H,15-16,23H2/t21-,22-/m0/s1. The van der Waals surface area contributed by atoms with Gasteiger partial charge in [0.2, 0.25) is 10.0 Å². The average molecular weight is 459 g/mol. The molecule has 31 heavy (non-hydrogen) atoms. The third-order valence-corrected chi connectivity index (χ3v) is 7.34. The Morgan fingerprint density at radius 3 is 1.84 bits per heavy atom. The third kappa shape index (κ3) is 6.55. The average Bonchev–Trinajstić information content (AvgIpc) is 2.77. The van der Waals surface area contributed by atoms with E-state index in [4.69, 9.17) is 20.1 Å². The number of hydrogen-bond acceptors (Lipinski definition) is 6. The Bertz CT molecular complexity index is 1070. The van der Waals surface area contributed by atoms with Crippen molar-refractivity contribution >= 4 is 18.8 Å². The van der Waals surface area contributed by atoms with Gasteiger partial charge in [0.05, 0.1) is 17.0 Å². The van der Waals surface area contributed by atoms with Crippen LogP contribution in [0.3, 0.4) is 0 Å². The number of nitrogens with two attached hydrogens (primary N) is 1. The summed E-state index contributed by atoms with van der Waals surface area (Å²) >= 11 is 0. The summed E-state index contributed by atoms with van der Waals surface area (Å²) in [6.45, 7) is 0. The number of benzene rings is 3. The molecular formula is C22H26N2O5SSi. The van der Waals surface area contributed by atoms with Crippen molar-refractivity contribution in [2.75, 3.05) is 0 Å². The van der Waals surface area contributed by atoms with Crippen LogP contribution in [0, 0.1) is 0 Å².